The van der Waals surface area contributed by atoms with Gasteiger partial charge in [0.25, 0.3) is 0 Å². The minimum atomic E-state index is -0.510. The van der Waals surface area contributed by atoms with Gasteiger partial charge in [-0.3, -0.25) is 4.79 Å². The second kappa shape index (κ2) is 7.20. The summed E-state index contributed by atoms with van der Waals surface area (Å²) in [6.45, 7) is 6.18. The van der Waals surface area contributed by atoms with Gasteiger partial charge in [-0.05, 0) is 42.8 Å². The lowest BCUT2D eigenvalue weighted by atomic mass is 9.88. The Balaban J connectivity index is 2.30. The molecule has 0 saturated heterocycles. The smallest absolute Gasteiger partial charge is 0.317 e. The zero-order valence-corrected chi connectivity index (χ0v) is 14.4. The Kier molecular flexibility index (Phi) is 5.53. The van der Waals surface area contributed by atoms with E-state index in [1.807, 2.05) is 32.0 Å². The molecule has 1 aromatic rings. The lowest BCUT2D eigenvalue weighted by molar-refractivity contribution is -0.148. The summed E-state index contributed by atoms with van der Waals surface area (Å²) in [5, 5.41) is 4.07. The average Bonchev–Trinajstić information content (AvgIpc) is 2.44. The number of hydrogen-bond donors (Lipinski definition) is 1. The van der Waals surface area contributed by atoms with Crippen molar-refractivity contribution in [3.8, 4) is 0 Å². The van der Waals surface area contributed by atoms with E-state index in [4.69, 9.17) is 28.6 Å². The molecule has 118 valence electrons. The number of esters is 1. The molecule has 22 heavy (non-hydrogen) atoms. The van der Waals surface area contributed by atoms with Crippen LogP contribution in [-0.4, -0.2) is 23.4 Å². The summed E-state index contributed by atoms with van der Waals surface area (Å²) in [5.41, 5.74) is 1.54. The second-order valence-corrected chi connectivity index (χ2v) is 6.56. The maximum absolute atomic E-state index is 12.5. The summed E-state index contributed by atoms with van der Waals surface area (Å²) in [7, 11) is 0. The van der Waals surface area contributed by atoms with Crippen LogP contribution in [0.25, 0.3) is 0 Å². The fraction of sp³-hybridized carbons (Fsp3) is 0.438. The van der Waals surface area contributed by atoms with Gasteiger partial charge in [0.15, 0.2) is 5.11 Å². The van der Waals surface area contributed by atoms with E-state index in [1.165, 1.54) is 0 Å². The molecule has 0 aliphatic carbocycles. The first-order chi connectivity index (χ1) is 10.4. The van der Waals surface area contributed by atoms with Crippen LogP contribution in [-0.2, 0) is 9.53 Å². The molecule has 1 N–H and O–H groups in total. The van der Waals surface area contributed by atoms with E-state index in [0.29, 0.717) is 22.5 Å². The van der Waals surface area contributed by atoms with Crippen LogP contribution < -0.4 is 5.32 Å². The number of nitrogens with zero attached hydrogens (tertiary/aromatic N) is 1. The molecule has 1 aromatic carbocycles. The molecule has 1 heterocycles. The van der Waals surface area contributed by atoms with Crippen molar-refractivity contribution in [3.05, 3.63) is 34.9 Å². The van der Waals surface area contributed by atoms with Gasteiger partial charge in [-0.25, -0.2) is 4.99 Å². The summed E-state index contributed by atoms with van der Waals surface area (Å²) in [5.74, 6) is -0.526. The number of rotatable bonds is 4. The van der Waals surface area contributed by atoms with E-state index >= 15 is 0 Å². The molecule has 4 nitrogen and oxygen atoms in total. The standard InChI is InChI=1S/C16H19ClN2O2S/c1-9(2)8-21-15(20)13-10(3)18-16(22)19-14(13)11-5-4-6-12(17)7-11/h4-7,9,13-14H,8H2,1-3H3,(H,19,22). The lowest BCUT2D eigenvalue weighted by Gasteiger charge is -2.31. The van der Waals surface area contributed by atoms with Gasteiger partial charge in [-0.2, -0.15) is 0 Å². The Morgan fingerprint density at radius 1 is 1.50 bits per heavy atom. The molecular weight excluding hydrogens is 320 g/mol. The number of thiocarbonyl (C=S) groups is 1. The van der Waals surface area contributed by atoms with Crippen molar-refractivity contribution in [2.45, 2.75) is 26.8 Å². The summed E-state index contributed by atoms with van der Waals surface area (Å²) >= 11 is 11.2. The van der Waals surface area contributed by atoms with Gasteiger partial charge in [0, 0.05) is 10.7 Å². The average molecular weight is 339 g/mol. The highest BCUT2D eigenvalue weighted by Crippen LogP contribution is 2.29. The zero-order valence-electron chi connectivity index (χ0n) is 12.8. The van der Waals surface area contributed by atoms with Crippen LogP contribution >= 0.6 is 23.8 Å². The number of ether oxygens (including phenoxy) is 1. The SMILES string of the molecule is CC1=NC(=S)NC(c2cccc(Cl)c2)C1C(=O)OCC(C)C. The predicted octanol–water partition coefficient (Wildman–Crippen LogP) is 3.55. The Morgan fingerprint density at radius 2 is 2.23 bits per heavy atom. The van der Waals surface area contributed by atoms with Crippen LogP contribution in [0.2, 0.25) is 5.02 Å². The van der Waals surface area contributed by atoms with E-state index in [0.717, 1.165) is 5.56 Å². The highest BCUT2D eigenvalue weighted by molar-refractivity contribution is 7.80. The van der Waals surface area contributed by atoms with E-state index in [9.17, 15) is 4.79 Å². The molecule has 0 saturated carbocycles. The van der Waals surface area contributed by atoms with Crippen LogP contribution in [0.3, 0.4) is 0 Å². The fourth-order valence-electron chi connectivity index (χ4n) is 2.34. The molecule has 2 atom stereocenters. The molecule has 2 unspecified atom stereocenters. The van der Waals surface area contributed by atoms with Crippen molar-refractivity contribution in [1.82, 2.24) is 5.32 Å². The van der Waals surface area contributed by atoms with Gasteiger partial charge in [0.05, 0.1) is 12.6 Å². The van der Waals surface area contributed by atoms with E-state index in [-0.39, 0.29) is 17.9 Å². The maximum Gasteiger partial charge on any atom is 0.317 e. The predicted molar refractivity (Wildman–Crippen MR) is 92.3 cm³/mol. The third kappa shape index (κ3) is 4.05. The molecule has 0 radical (unpaired) electrons. The molecule has 0 fully saturated rings. The maximum atomic E-state index is 12.5. The van der Waals surface area contributed by atoms with Gasteiger partial charge in [0.1, 0.15) is 5.92 Å². The number of aliphatic imine (C=N–C) groups is 1. The molecule has 1 aliphatic rings. The van der Waals surface area contributed by atoms with Crippen LogP contribution in [0.15, 0.2) is 29.3 Å². The van der Waals surface area contributed by atoms with Crippen LogP contribution in [0.4, 0.5) is 0 Å². The van der Waals surface area contributed by atoms with Gasteiger partial charge in [0.2, 0.25) is 0 Å². The van der Waals surface area contributed by atoms with Crippen molar-refractivity contribution in [1.29, 1.82) is 0 Å². The number of nitrogens with one attached hydrogen (secondary N) is 1. The number of carbonyl (C=O) groups excluding carboxylic acids is 1. The van der Waals surface area contributed by atoms with Gasteiger partial charge in [-0.15, -0.1) is 0 Å². The number of halogens is 1. The van der Waals surface area contributed by atoms with Crippen LogP contribution in [0.1, 0.15) is 32.4 Å². The lowest BCUT2D eigenvalue weighted by Crippen LogP contribution is -2.44. The third-order valence-electron chi connectivity index (χ3n) is 3.36. The minimum absolute atomic E-state index is 0.281. The van der Waals surface area contributed by atoms with E-state index in [2.05, 4.69) is 10.3 Å². The number of carbonyl (C=O) groups is 1. The normalized spacial score (nSPS) is 21.3. The van der Waals surface area contributed by atoms with E-state index in [1.54, 1.807) is 13.0 Å². The molecule has 0 aromatic heterocycles. The minimum Gasteiger partial charge on any atom is -0.465 e. The first-order valence-corrected chi connectivity index (χ1v) is 7.95. The monoisotopic (exact) mass is 338 g/mol. The van der Waals surface area contributed by atoms with Gasteiger partial charge in [-0.1, -0.05) is 37.6 Å². The van der Waals surface area contributed by atoms with Crippen LogP contribution in [0.5, 0.6) is 0 Å². The molecule has 1 aliphatic heterocycles. The Labute approximate surface area is 140 Å². The Bertz CT molecular complexity index is 616. The summed E-state index contributed by atoms with van der Waals surface area (Å²) in [4.78, 5) is 16.7. The largest absolute Gasteiger partial charge is 0.465 e. The highest BCUT2D eigenvalue weighted by Gasteiger charge is 2.37. The Hall–Kier alpha value is -1.46. The topological polar surface area (TPSA) is 50.7 Å². The number of benzene rings is 1. The molecule has 6 heteroatoms. The van der Waals surface area contributed by atoms with Crippen molar-refractivity contribution in [2.24, 2.45) is 16.8 Å². The second-order valence-electron chi connectivity index (χ2n) is 5.74. The van der Waals surface area contributed by atoms with Crippen molar-refractivity contribution in [2.75, 3.05) is 6.61 Å². The first-order valence-electron chi connectivity index (χ1n) is 7.16. The Morgan fingerprint density at radius 3 is 2.86 bits per heavy atom. The van der Waals surface area contributed by atoms with Crippen molar-refractivity contribution in [3.63, 3.8) is 0 Å². The van der Waals surface area contributed by atoms with E-state index < -0.39 is 5.92 Å². The summed E-state index contributed by atoms with van der Waals surface area (Å²) in [6.07, 6.45) is 0. The summed E-state index contributed by atoms with van der Waals surface area (Å²) < 4.78 is 5.39. The summed E-state index contributed by atoms with van der Waals surface area (Å²) in [6, 6.07) is 7.05. The van der Waals surface area contributed by atoms with Crippen molar-refractivity contribution < 1.29 is 9.53 Å². The van der Waals surface area contributed by atoms with Crippen LogP contribution in [0, 0.1) is 11.8 Å². The first kappa shape index (κ1) is 16.9. The molecule has 0 bridgehead atoms. The molecule has 2 rings (SSSR count). The molecule has 0 spiro atoms. The molecular formula is C16H19ClN2O2S. The number of hydrogen-bond acceptors (Lipinski definition) is 3. The quantitative estimate of drug-likeness (QED) is 0.674. The van der Waals surface area contributed by atoms with Gasteiger partial charge < -0.3 is 10.1 Å². The zero-order chi connectivity index (χ0) is 16.3. The third-order valence-corrected chi connectivity index (χ3v) is 3.81. The van der Waals surface area contributed by atoms with Crippen molar-refractivity contribution >= 4 is 40.6 Å². The highest BCUT2D eigenvalue weighted by atomic mass is 35.5. The van der Waals surface area contributed by atoms with Gasteiger partial charge >= 0.3 is 5.97 Å². The fourth-order valence-corrected chi connectivity index (χ4v) is 2.81. The molecule has 0 amide bonds.